The van der Waals surface area contributed by atoms with Gasteiger partial charge in [0.1, 0.15) is 0 Å². The fourth-order valence-electron chi connectivity index (χ4n) is 2.45. The zero-order valence-corrected chi connectivity index (χ0v) is 15.9. The smallest absolute Gasteiger partial charge is 0.221 e. The summed E-state index contributed by atoms with van der Waals surface area (Å²) in [5, 5.41) is 9.34. The van der Waals surface area contributed by atoms with Gasteiger partial charge in [0.15, 0.2) is 5.96 Å². The molecule has 136 valence electrons. The highest BCUT2D eigenvalue weighted by Gasteiger charge is 2.12. The minimum atomic E-state index is 0.0827. The van der Waals surface area contributed by atoms with Crippen molar-refractivity contribution in [2.24, 2.45) is 4.99 Å². The molecule has 3 N–H and O–H groups in total. The Morgan fingerprint density at radius 3 is 2.13 bits per heavy atom. The van der Waals surface area contributed by atoms with Crippen molar-refractivity contribution in [2.45, 2.75) is 66.0 Å². The van der Waals surface area contributed by atoms with Gasteiger partial charge >= 0.3 is 0 Å². The molecule has 6 heteroatoms. The van der Waals surface area contributed by atoms with Gasteiger partial charge in [-0.2, -0.15) is 0 Å². The molecule has 0 unspecified atom stereocenters. The number of hydrogen-bond donors (Lipinski definition) is 3. The normalized spacial score (nSPS) is 12.1. The third-order valence-corrected chi connectivity index (χ3v) is 3.65. The summed E-state index contributed by atoms with van der Waals surface area (Å²) < 4.78 is 0. The second-order valence-electron chi connectivity index (χ2n) is 6.30. The van der Waals surface area contributed by atoms with Gasteiger partial charge in [0.25, 0.3) is 0 Å². The summed E-state index contributed by atoms with van der Waals surface area (Å²) >= 11 is 0. The lowest BCUT2D eigenvalue weighted by Crippen LogP contribution is -2.42. The van der Waals surface area contributed by atoms with Gasteiger partial charge in [-0.1, -0.05) is 6.92 Å². The maximum absolute atomic E-state index is 11.5. The fourth-order valence-corrected chi connectivity index (χ4v) is 2.45. The molecule has 0 saturated heterocycles. The van der Waals surface area contributed by atoms with E-state index < -0.39 is 0 Å². The summed E-state index contributed by atoms with van der Waals surface area (Å²) in [4.78, 5) is 18.2. The molecule has 0 heterocycles. The number of carbonyl (C=O) groups is 1. The quantitative estimate of drug-likeness (QED) is 0.306. The molecule has 0 fully saturated rings. The van der Waals surface area contributed by atoms with E-state index in [-0.39, 0.29) is 5.91 Å². The molecule has 1 amide bonds. The lowest BCUT2D eigenvalue weighted by Gasteiger charge is -2.30. The molecule has 0 rings (SSSR count). The standard InChI is InChI=1S/C17H37N5O/c1-7-10-19-16(23)9-12-21-17(18-6)20-11-8-13-22(14(2)3)15(4)5/h14-15H,7-13H2,1-6H3,(H,19,23)(H2,18,20,21). The Bertz CT molecular complexity index is 334. The maximum Gasteiger partial charge on any atom is 0.221 e. The number of amides is 1. The molecule has 0 aromatic heterocycles. The van der Waals surface area contributed by atoms with Crippen molar-refractivity contribution in [2.75, 3.05) is 33.2 Å². The molecule has 6 nitrogen and oxygen atoms in total. The highest BCUT2D eigenvalue weighted by Crippen LogP contribution is 2.05. The summed E-state index contributed by atoms with van der Waals surface area (Å²) in [5.41, 5.74) is 0. The van der Waals surface area contributed by atoms with Crippen LogP contribution >= 0.6 is 0 Å². The van der Waals surface area contributed by atoms with Crippen LogP contribution in [0.5, 0.6) is 0 Å². The van der Waals surface area contributed by atoms with Crippen LogP contribution in [0.4, 0.5) is 0 Å². The first-order valence-corrected chi connectivity index (χ1v) is 8.89. The van der Waals surface area contributed by atoms with Crippen LogP contribution < -0.4 is 16.0 Å². The van der Waals surface area contributed by atoms with E-state index in [1.54, 1.807) is 7.05 Å². The molecule has 0 spiro atoms. The molecule has 0 bridgehead atoms. The molecule has 0 aromatic rings. The second kappa shape index (κ2) is 13.2. The van der Waals surface area contributed by atoms with E-state index in [9.17, 15) is 4.79 Å². The number of rotatable bonds is 11. The fraction of sp³-hybridized carbons (Fsp3) is 0.882. The van der Waals surface area contributed by atoms with Crippen LogP contribution in [0.2, 0.25) is 0 Å². The van der Waals surface area contributed by atoms with Crippen LogP contribution in [0.25, 0.3) is 0 Å². The zero-order valence-electron chi connectivity index (χ0n) is 15.9. The summed E-state index contributed by atoms with van der Waals surface area (Å²) in [6.45, 7) is 14.3. The number of hydrogen-bond acceptors (Lipinski definition) is 3. The second-order valence-corrected chi connectivity index (χ2v) is 6.30. The third kappa shape index (κ3) is 11.0. The van der Waals surface area contributed by atoms with Gasteiger partial charge in [0.2, 0.25) is 5.91 Å². The monoisotopic (exact) mass is 327 g/mol. The van der Waals surface area contributed by atoms with Crippen molar-refractivity contribution in [3.05, 3.63) is 0 Å². The zero-order chi connectivity index (χ0) is 17.7. The number of nitrogens with one attached hydrogen (secondary N) is 3. The molecule has 23 heavy (non-hydrogen) atoms. The van der Waals surface area contributed by atoms with E-state index in [0.29, 0.717) is 25.0 Å². The molecule has 0 aliphatic carbocycles. The molecule has 0 saturated carbocycles. The van der Waals surface area contributed by atoms with Crippen LogP contribution in [0, 0.1) is 0 Å². The first-order valence-electron chi connectivity index (χ1n) is 8.89. The van der Waals surface area contributed by atoms with Crippen LogP contribution in [0.3, 0.4) is 0 Å². The van der Waals surface area contributed by atoms with Gasteiger partial charge in [-0.25, -0.2) is 0 Å². The predicted molar refractivity (Wildman–Crippen MR) is 98.9 cm³/mol. The van der Waals surface area contributed by atoms with Gasteiger partial charge in [-0.15, -0.1) is 0 Å². The Morgan fingerprint density at radius 1 is 1.00 bits per heavy atom. The minimum absolute atomic E-state index is 0.0827. The summed E-state index contributed by atoms with van der Waals surface area (Å²) in [7, 11) is 1.75. The van der Waals surface area contributed by atoms with Crippen LogP contribution in [-0.2, 0) is 4.79 Å². The first-order chi connectivity index (χ1) is 10.9. The Hall–Kier alpha value is -1.30. The molecule has 0 radical (unpaired) electrons. The molecule has 0 aromatic carbocycles. The van der Waals surface area contributed by atoms with Crippen molar-refractivity contribution in [3.63, 3.8) is 0 Å². The maximum atomic E-state index is 11.5. The van der Waals surface area contributed by atoms with Crippen molar-refractivity contribution < 1.29 is 4.79 Å². The highest BCUT2D eigenvalue weighted by molar-refractivity contribution is 5.81. The Morgan fingerprint density at radius 2 is 1.61 bits per heavy atom. The van der Waals surface area contributed by atoms with Crippen molar-refractivity contribution in [3.8, 4) is 0 Å². The highest BCUT2D eigenvalue weighted by atomic mass is 16.1. The molecular weight excluding hydrogens is 290 g/mol. The predicted octanol–water partition coefficient (Wildman–Crippen LogP) is 1.58. The first kappa shape index (κ1) is 21.7. The van der Waals surface area contributed by atoms with E-state index in [2.05, 4.69) is 53.5 Å². The van der Waals surface area contributed by atoms with Crippen molar-refractivity contribution in [1.82, 2.24) is 20.9 Å². The van der Waals surface area contributed by atoms with Crippen molar-refractivity contribution >= 4 is 11.9 Å². The van der Waals surface area contributed by atoms with E-state index in [0.717, 1.165) is 38.4 Å². The topological polar surface area (TPSA) is 68.8 Å². The SMILES string of the molecule is CCCNC(=O)CCNC(=NC)NCCCN(C(C)C)C(C)C. The lowest BCUT2D eigenvalue weighted by atomic mass is 10.2. The Kier molecular flexibility index (Phi) is 12.4. The number of nitrogens with zero attached hydrogens (tertiary/aromatic N) is 2. The van der Waals surface area contributed by atoms with Crippen LogP contribution in [0.15, 0.2) is 4.99 Å². The van der Waals surface area contributed by atoms with Gasteiger partial charge in [-0.05, 0) is 40.5 Å². The molecule has 0 aliphatic heterocycles. The summed E-state index contributed by atoms with van der Waals surface area (Å²) in [5.74, 6) is 0.841. The average Bonchev–Trinajstić information content (AvgIpc) is 2.50. The molecule has 0 atom stereocenters. The lowest BCUT2D eigenvalue weighted by molar-refractivity contribution is -0.120. The number of guanidine groups is 1. The minimum Gasteiger partial charge on any atom is -0.356 e. The number of carbonyl (C=O) groups excluding carboxylic acids is 1. The van der Waals surface area contributed by atoms with E-state index in [4.69, 9.17) is 0 Å². The Labute approximate surface area is 142 Å². The van der Waals surface area contributed by atoms with Gasteiger partial charge in [-0.3, -0.25) is 14.7 Å². The Balaban J connectivity index is 3.88. The largest absolute Gasteiger partial charge is 0.356 e. The van der Waals surface area contributed by atoms with Crippen molar-refractivity contribution in [1.29, 1.82) is 0 Å². The average molecular weight is 328 g/mol. The van der Waals surface area contributed by atoms with Gasteiger partial charge < -0.3 is 16.0 Å². The van der Waals surface area contributed by atoms with Gasteiger partial charge in [0, 0.05) is 51.7 Å². The number of aliphatic imine (C=N–C) groups is 1. The van der Waals surface area contributed by atoms with Crippen LogP contribution in [0.1, 0.15) is 53.9 Å². The van der Waals surface area contributed by atoms with E-state index in [1.165, 1.54) is 0 Å². The summed E-state index contributed by atoms with van der Waals surface area (Å²) in [6, 6.07) is 1.13. The van der Waals surface area contributed by atoms with E-state index in [1.807, 2.05) is 6.92 Å². The van der Waals surface area contributed by atoms with Crippen LogP contribution in [-0.4, -0.2) is 62.1 Å². The summed E-state index contributed by atoms with van der Waals surface area (Å²) in [6.07, 6.45) is 2.50. The van der Waals surface area contributed by atoms with Gasteiger partial charge in [0.05, 0.1) is 0 Å². The molecular formula is C17H37N5O. The third-order valence-electron chi connectivity index (χ3n) is 3.65. The molecule has 0 aliphatic rings. The van der Waals surface area contributed by atoms with E-state index >= 15 is 0 Å².